The van der Waals surface area contributed by atoms with Gasteiger partial charge < -0.3 is 10.1 Å². The fourth-order valence-corrected chi connectivity index (χ4v) is 2.27. The van der Waals surface area contributed by atoms with Crippen molar-refractivity contribution in [2.24, 2.45) is 0 Å². The fraction of sp³-hybridized carbons (Fsp3) is 0.300. The maximum Gasteiger partial charge on any atom is 0.338 e. The number of rotatable bonds is 7. The lowest BCUT2D eigenvalue weighted by molar-refractivity contribution is -0.124. The van der Waals surface area contributed by atoms with Crippen LogP contribution in [0.25, 0.3) is 0 Å². The molecule has 0 aliphatic carbocycles. The fourth-order valence-electron chi connectivity index (χ4n) is 2.27. The van der Waals surface area contributed by atoms with Gasteiger partial charge in [0, 0.05) is 6.54 Å². The van der Waals surface area contributed by atoms with Crippen molar-refractivity contribution in [1.82, 2.24) is 5.32 Å². The molecule has 0 fully saturated rings. The van der Waals surface area contributed by atoms with Crippen molar-refractivity contribution in [1.29, 1.82) is 0 Å². The van der Waals surface area contributed by atoms with Gasteiger partial charge in [-0.05, 0) is 47.7 Å². The molecule has 1 N–H and O–H groups in total. The second-order valence-electron chi connectivity index (χ2n) is 6.08. The van der Waals surface area contributed by atoms with Gasteiger partial charge in [0.2, 0.25) is 0 Å². The summed E-state index contributed by atoms with van der Waals surface area (Å²) in [5, 5.41) is 2.71. The molecule has 2 aromatic rings. The number of benzene rings is 2. The molecular formula is C20H22FNO3. The molecule has 0 aliphatic heterocycles. The van der Waals surface area contributed by atoms with Crippen LogP contribution < -0.4 is 5.32 Å². The summed E-state index contributed by atoms with van der Waals surface area (Å²) in [6, 6.07) is 13.2. The molecule has 132 valence electrons. The Balaban J connectivity index is 1.70. The zero-order valence-electron chi connectivity index (χ0n) is 14.4. The van der Waals surface area contributed by atoms with Crippen LogP contribution in [0.3, 0.4) is 0 Å². The molecule has 0 radical (unpaired) electrons. The van der Waals surface area contributed by atoms with E-state index >= 15 is 0 Å². The van der Waals surface area contributed by atoms with Crippen molar-refractivity contribution in [2.45, 2.75) is 26.2 Å². The highest BCUT2D eigenvalue weighted by atomic mass is 19.1. The van der Waals surface area contributed by atoms with Gasteiger partial charge in [-0.2, -0.15) is 0 Å². The van der Waals surface area contributed by atoms with Gasteiger partial charge in [-0.1, -0.05) is 38.1 Å². The van der Waals surface area contributed by atoms with Crippen LogP contribution in [0.5, 0.6) is 0 Å². The predicted octanol–water partition coefficient (Wildman–Crippen LogP) is 3.46. The number of hydrogen-bond acceptors (Lipinski definition) is 3. The van der Waals surface area contributed by atoms with E-state index in [9.17, 15) is 14.0 Å². The number of amides is 1. The van der Waals surface area contributed by atoms with E-state index in [1.54, 1.807) is 0 Å². The number of carbonyl (C=O) groups is 2. The minimum atomic E-state index is -0.653. The molecule has 2 aromatic carbocycles. The lowest BCUT2D eigenvalue weighted by Gasteiger charge is -2.08. The lowest BCUT2D eigenvalue weighted by atomic mass is 10.0. The van der Waals surface area contributed by atoms with Crippen molar-refractivity contribution in [2.75, 3.05) is 13.2 Å². The van der Waals surface area contributed by atoms with Gasteiger partial charge in [0.25, 0.3) is 5.91 Å². The maximum atomic E-state index is 12.8. The van der Waals surface area contributed by atoms with Crippen molar-refractivity contribution in [3.05, 3.63) is 71.0 Å². The van der Waals surface area contributed by atoms with Gasteiger partial charge in [-0.15, -0.1) is 0 Å². The van der Waals surface area contributed by atoms with Crippen LogP contribution in [0, 0.1) is 5.82 Å². The van der Waals surface area contributed by atoms with Gasteiger partial charge in [0.15, 0.2) is 6.61 Å². The largest absolute Gasteiger partial charge is 0.452 e. The Bertz CT molecular complexity index is 709. The second-order valence-corrected chi connectivity index (χ2v) is 6.08. The van der Waals surface area contributed by atoms with E-state index in [0.717, 1.165) is 5.56 Å². The number of carbonyl (C=O) groups excluding carboxylic acids is 2. The Morgan fingerprint density at radius 3 is 2.28 bits per heavy atom. The normalized spacial score (nSPS) is 10.6. The third-order valence-corrected chi connectivity index (χ3v) is 3.80. The monoisotopic (exact) mass is 343 g/mol. The Kier molecular flexibility index (Phi) is 6.69. The molecule has 2 rings (SSSR count). The summed E-state index contributed by atoms with van der Waals surface area (Å²) in [6.45, 7) is 4.39. The van der Waals surface area contributed by atoms with Crippen LogP contribution in [0.2, 0.25) is 0 Å². The highest BCUT2D eigenvalue weighted by Crippen LogP contribution is 2.14. The zero-order chi connectivity index (χ0) is 18.2. The molecule has 1 amide bonds. The average molecular weight is 343 g/mol. The number of hydrogen-bond donors (Lipinski definition) is 1. The minimum Gasteiger partial charge on any atom is -0.452 e. The summed E-state index contributed by atoms with van der Waals surface area (Å²) >= 11 is 0. The van der Waals surface area contributed by atoms with Gasteiger partial charge in [-0.3, -0.25) is 4.79 Å². The number of halogens is 1. The molecule has 25 heavy (non-hydrogen) atoms. The highest BCUT2D eigenvalue weighted by molar-refractivity contribution is 5.91. The number of nitrogens with one attached hydrogen (secondary N) is 1. The number of ether oxygens (including phenoxy) is 1. The van der Waals surface area contributed by atoms with Crippen LogP contribution in [0.1, 0.15) is 41.3 Å². The molecule has 5 heteroatoms. The Morgan fingerprint density at radius 1 is 1.04 bits per heavy atom. The van der Waals surface area contributed by atoms with Crippen LogP contribution in [-0.2, 0) is 16.0 Å². The first-order chi connectivity index (χ1) is 12.0. The van der Waals surface area contributed by atoms with E-state index in [0.29, 0.717) is 18.9 Å². The van der Waals surface area contributed by atoms with Gasteiger partial charge in [0.1, 0.15) is 5.82 Å². The predicted molar refractivity (Wildman–Crippen MR) is 93.9 cm³/mol. The first-order valence-corrected chi connectivity index (χ1v) is 8.24. The highest BCUT2D eigenvalue weighted by Gasteiger charge is 2.10. The van der Waals surface area contributed by atoms with Crippen molar-refractivity contribution in [3.63, 3.8) is 0 Å². The summed E-state index contributed by atoms with van der Waals surface area (Å²) in [6.07, 6.45) is 0.704. The summed E-state index contributed by atoms with van der Waals surface area (Å²) in [7, 11) is 0. The topological polar surface area (TPSA) is 55.4 Å². The van der Waals surface area contributed by atoms with E-state index in [1.807, 2.05) is 0 Å². The molecule has 0 atom stereocenters. The summed E-state index contributed by atoms with van der Waals surface area (Å²) < 4.78 is 17.7. The maximum absolute atomic E-state index is 12.8. The van der Waals surface area contributed by atoms with Crippen LogP contribution in [0.15, 0.2) is 48.5 Å². The first kappa shape index (κ1) is 18.6. The van der Waals surface area contributed by atoms with E-state index < -0.39 is 11.8 Å². The molecule has 0 bridgehead atoms. The molecular weight excluding hydrogens is 321 g/mol. The summed E-state index contributed by atoms with van der Waals surface area (Å²) in [5.74, 6) is -0.964. The van der Waals surface area contributed by atoms with Crippen molar-refractivity contribution in [3.8, 4) is 0 Å². The third-order valence-electron chi connectivity index (χ3n) is 3.80. The van der Waals surface area contributed by atoms with Crippen molar-refractivity contribution >= 4 is 11.9 Å². The quantitative estimate of drug-likeness (QED) is 0.783. The number of esters is 1. The summed E-state index contributed by atoms with van der Waals surface area (Å²) in [4.78, 5) is 23.4. The van der Waals surface area contributed by atoms with Crippen LogP contribution >= 0.6 is 0 Å². The smallest absolute Gasteiger partial charge is 0.338 e. The van der Waals surface area contributed by atoms with E-state index in [1.165, 1.54) is 29.8 Å². The molecule has 0 aromatic heterocycles. The SMILES string of the molecule is CC(C)c1ccc(CCNC(=O)COC(=O)c2ccc(F)cc2)cc1. The standard InChI is InChI=1S/C20H22FNO3/c1-14(2)16-5-3-15(4-6-16)11-12-22-19(23)13-25-20(24)17-7-9-18(21)10-8-17/h3-10,14H,11-13H2,1-2H3,(H,22,23). The molecule has 0 saturated heterocycles. The van der Waals surface area contributed by atoms with Gasteiger partial charge in [0.05, 0.1) is 5.56 Å². The first-order valence-electron chi connectivity index (χ1n) is 8.24. The molecule has 0 aliphatic rings. The molecule has 4 nitrogen and oxygen atoms in total. The second kappa shape index (κ2) is 8.97. The Hall–Kier alpha value is -2.69. The molecule has 0 spiro atoms. The zero-order valence-corrected chi connectivity index (χ0v) is 14.4. The van der Waals surface area contributed by atoms with Crippen LogP contribution in [0.4, 0.5) is 4.39 Å². The Morgan fingerprint density at radius 2 is 1.68 bits per heavy atom. The third kappa shape index (κ3) is 6.03. The minimum absolute atomic E-state index is 0.208. The van der Waals surface area contributed by atoms with Gasteiger partial charge in [-0.25, -0.2) is 9.18 Å². The Labute approximate surface area is 147 Å². The molecule has 0 unspecified atom stereocenters. The average Bonchev–Trinajstić information content (AvgIpc) is 2.60. The van der Waals surface area contributed by atoms with Crippen LogP contribution in [-0.4, -0.2) is 25.0 Å². The summed E-state index contributed by atoms with van der Waals surface area (Å²) in [5.41, 5.74) is 2.62. The van der Waals surface area contributed by atoms with E-state index in [2.05, 4.69) is 43.4 Å². The van der Waals surface area contributed by atoms with E-state index in [-0.39, 0.29) is 18.1 Å². The molecule has 0 heterocycles. The van der Waals surface area contributed by atoms with Gasteiger partial charge >= 0.3 is 5.97 Å². The lowest BCUT2D eigenvalue weighted by Crippen LogP contribution is -2.30. The van der Waals surface area contributed by atoms with E-state index in [4.69, 9.17) is 4.74 Å². The van der Waals surface area contributed by atoms with Crippen molar-refractivity contribution < 1.29 is 18.7 Å². The molecule has 0 saturated carbocycles.